The normalized spacial score (nSPS) is 19.3. The van der Waals surface area contributed by atoms with Gasteiger partial charge in [-0.25, -0.2) is 8.42 Å². The summed E-state index contributed by atoms with van der Waals surface area (Å²) in [4.78, 5) is 11.4. The van der Waals surface area contributed by atoms with E-state index in [4.69, 9.17) is 5.73 Å². The van der Waals surface area contributed by atoms with Crippen molar-refractivity contribution in [3.63, 3.8) is 0 Å². The van der Waals surface area contributed by atoms with Gasteiger partial charge in [0.25, 0.3) is 0 Å². The van der Waals surface area contributed by atoms with Gasteiger partial charge in [-0.2, -0.15) is 0 Å². The Morgan fingerprint density at radius 3 is 2.50 bits per heavy atom. The highest BCUT2D eigenvalue weighted by molar-refractivity contribution is 7.90. The van der Waals surface area contributed by atoms with E-state index in [1.165, 1.54) is 0 Å². The minimum absolute atomic E-state index is 0.00454. The highest BCUT2D eigenvalue weighted by Crippen LogP contribution is 2.32. The van der Waals surface area contributed by atoms with Gasteiger partial charge in [0, 0.05) is 12.7 Å². The Morgan fingerprint density at radius 1 is 1.50 bits per heavy atom. The Morgan fingerprint density at radius 2 is 2.07 bits per heavy atom. The molecular formula is C9H17NO3S. The maximum absolute atomic E-state index is 11.4. The molecule has 1 rings (SSSR count). The lowest BCUT2D eigenvalue weighted by molar-refractivity contribution is -0.120. The molecule has 5 heteroatoms. The lowest BCUT2D eigenvalue weighted by Gasteiger charge is -2.08. The molecule has 1 saturated carbocycles. The van der Waals surface area contributed by atoms with Crippen molar-refractivity contribution in [1.29, 1.82) is 0 Å². The molecule has 0 amide bonds. The van der Waals surface area contributed by atoms with Crippen LogP contribution in [0.1, 0.15) is 25.7 Å². The number of sulfone groups is 1. The third kappa shape index (κ3) is 4.72. The minimum atomic E-state index is -3.00. The van der Waals surface area contributed by atoms with Crippen LogP contribution in [0.2, 0.25) is 0 Å². The predicted octanol–water partition coefficient (Wildman–Crippen LogP) is 0.118. The molecule has 0 aliphatic heterocycles. The van der Waals surface area contributed by atoms with Crippen LogP contribution < -0.4 is 5.73 Å². The number of carbonyl (C=O) groups excluding carboxylic acids is 1. The summed E-state index contributed by atoms with van der Waals surface area (Å²) in [5, 5.41) is 0. The van der Waals surface area contributed by atoms with E-state index in [1.807, 2.05) is 0 Å². The topological polar surface area (TPSA) is 77.2 Å². The fraction of sp³-hybridized carbons (Fsp3) is 0.889. The average molecular weight is 219 g/mol. The SMILES string of the molecule is CS(=O)(=O)CCC(N)C(=O)CC1CC1. The van der Waals surface area contributed by atoms with Gasteiger partial charge in [0.2, 0.25) is 0 Å². The first-order chi connectivity index (χ1) is 6.38. The molecule has 0 heterocycles. The van der Waals surface area contributed by atoms with Gasteiger partial charge in [-0.3, -0.25) is 4.79 Å². The quantitative estimate of drug-likeness (QED) is 0.688. The summed E-state index contributed by atoms with van der Waals surface area (Å²) < 4.78 is 21.7. The van der Waals surface area contributed by atoms with Crippen molar-refractivity contribution >= 4 is 15.6 Å². The van der Waals surface area contributed by atoms with E-state index in [0.717, 1.165) is 19.1 Å². The molecule has 1 aliphatic carbocycles. The molecular weight excluding hydrogens is 202 g/mol. The second-order valence-electron chi connectivity index (χ2n) is 4.14. The molecule has 0 aromatic carbocycles. The van der Waals surface area contributed by atoms with Crippen LogP contribution in [0.4, 0.5) is 0 Å². The first kappa shape index (κ1) is 11.7. The minimum Gasteiger partial charge on any atom is -0.321 e. The summed E-state index contributed by atoms with van der Waals surface area (Å²) >= 11 is 0. The van der Waals surface area contributed by atoms with Gasteiger partial charge in [0.15, 0.2) is 0 Å². The summed E-state index contributed by atoms with van der Waals surface area (Å²) in [5.41, 5.74) is 5.59. The molecule has 0 bridgehead atoms. The van der Waals surface area contributed by atoms with E-state index in [0.29, 0.717) is 12.3 Å². The summed E-state index contributed by atoms with van der Waals surface area (Å²) in [7, 11) is -3.00. The van der Waals surface area contributed by atoms with E-state index in [1.54, 1.807) is 0 Å². The summed E-state index contributed by atoms with van der Waals surface area (Å²) in [6.45, 7) is 0. The molecule has 0 aromatic rings. The van der Waals surface area contributed by atoms with Gasteiger partial charge < -0.3 is 5.73 Å². The fourth-order valence-corrected chi connectivity index (χ4v) is 1.94. The predicted molar refractivity (Wildman–Crippen MR) is 54.7 cm³/mol. The number of hydrogen-bond donors (Lipinski definition) is 1. The Bertz CT molecular complexity index is 306. The molecule has 0 radical (unpaired) electrons. The first-order valence-corrected chi connectivity index (χ1v) is 6.90. The molecule has 4 nitrogen and oxygen atoms in total. The first-order valence-electron chi connectivity index (χ1n) is 4.84. The van der Waals surface area contributed by atoms with Gasteiger partial charge in [-0.15, -0.1) is 0 Å². The van der Waals surface area contributed by atoms with Gasteiger partial charge in [0.1, 0.15) is 15.6 Å². The zero-order valence-electron chi connectivity index (χ0n) is 8.40. The molecule has 1 aliphatic rings. The number of carbonyl (C=O) groups is 1. The third-order valence-corrected chi connectivity index (χ3v) is 3.38. The Hall–Kier alpha value is -0.420. The van der Waals surface area contributed by atoms with Crippen LogP contribution in [0.3, 0.4) is 0 Å². The van der Waals surface area contributed by atoms with Gasteiger partial charge >= 0.3 is 0 Å². The van der Waals surface area contributed by atoms with Crippen molar-refractivity contribution in [2.75, 3.05) is 12.0 Å². The molecule has 1 atom stereocenters. The molecule has 0 saturated heterocycles. The highest BCUT2D eigenvalue weighted by atomic mass is 32.2. The van der Waals surface area contributed by atoms with Crippen molar-refractivity contribution in [3.8, 4) is 0 Å². The van der Waals surface area contributed by atoms with Crippen molar-refractivity contribution in [2.45, 2.75) is 31.7 Å². The molecule has 82 valence electrons. The van der Waals surface area contributed by atoms with Crippen molar-refractivity contribution in [3.05, 3.63) is 0 Å². The second-order valence-corrected chi connectivity index (χ2v) is 6.40. The number of rotatable bonds is 6. The van der Waals surface area contributed by atoms with Crippen LogP contribution >= 0.6 is 0 Å². The van der Waals surface area contributed by atoms with Crippen molar-refractivity contribution < 1.29 is 13.2 Å². The molecule has 1 unspecified atom stereocenters. The van der Waals surface area contributed by atoms with Gasteiger partial charge in [0.05, 0.1) is 11.8 Å². The van der Waals surface area contributed by atoms with E-state index in [9.17, 15) is 13.2 Å². The van der Waals surface area contributed by atoms with Crippen molar-refractivity contribution in [2.24, 2.45) is 11.7 Å². The van der Waals surface area contributed by atoms with Crippen LogP contribution in [0.5, 0.6) is 0 Å². The fourth-order valence-electron chi connectivity index (χ4n) is 1.26. The smallest absolute Gasteiger partial charge is 0.149 e. The second kappa shape index (κ2) is 4.40. The Labute approximate surface area is 84.8 Å². The van der Waals surface area contributed by atoms with Crippen molar-refractivity contribution in [1.82, 2.24) is 0 Å². The molecule has 1 fully saturated rings. The van der Waals surface area contributed by atoms with Crippen LogP contribution in [0.25, 0.3) is 0 Å². The summed E-state index contributed by atoms with van der Waals surface area (Å²) in [6.07, 6.45) is 4.18. The largest absolute Gasteiger partial charge is 0.321 e. The van der Waals surface area contributed by atoms with Gasteiger partial charge in [-0.1, -0.05) is 0 Å². The van der Waals surface area contributed by atoms with Crippen LogP contribution in [0.15, 0.2) is 0 Å². The van der Waals surface area contributed by atoms with Crippen LogP contribution in [0, 0.1) is 5.92 Å². The molecule has 14 heavy (non-hydrogen) atoms. The van der Waals surface area contributed by atoms with E-state index >= 15 is 0 Å². The number of nitrogens with two attached hydrogens (primary N) is 1. The summed E-state index contributed by atoms with van der Waals surface area (Å²) in [5.74, 6) is 0.535. The third-order valence-electron chi connectivity index (χ3n) is 2.40. The maximum atomic E-state index is 11.4. The monoisotopic (exact) mass is 219 g/mol. The van der Waals surface area contributed by atoms with Crippen LogP contribution in [-0.4, -0.2) is 32.3 Å². The molecule has 2 N–H and O–H groups in total. The zero-order chi connectivity index (χ0) is 10.8. The van der Waals surface area contributed by atoms with Crippen LogP contribution in [-0.2, 0) is 14.6 Å². The van der Waals surface area contributed by atoms with E-state index in [-0.39, 0.29) is 18.0 Å². The highest BCUT2D eigenvalue weighted by Gasteiger charge is 2.27. The Balaban J connectivity index is 2.25. The molecule has 0 spiro atoms. The number of hydrogen-bond acceptors (Lipinski definition) is 4. The standard InChI is InChI=1S/C9H17NO3S/c1-14(12,13)5-4-8(10)9(11)6-7-2-3-7/h7-8H,2-6,10H2,1H3. The number of Topliss-reactive ketones (excluding diaryl/α,β-unsaturated/α-hetero) is 1. The van der Waals surface area contributed by atoms with E-state index < -0.39 is 15.9 Å². The summed E-state index contributed by atoms with van der Waals surface area (Å²) in [6, 6.07) is -0.592. The number of ketones is 1. The average Bonchev–Trinajstić information content (AvgIpc) is 2.82. The zero-order valence-corrected chi connectivity index (χ0v) is 9.22. The van der Waals surface area contributed by atoms with E-state index in [2.05, 4.69) is 0 Å². The lowest BCUT2D eigenvalue weighted by Crippen LogP contribution is -2.32. The molecule has 0 aromatic heterocycles. The lowest BCUT2D eigenvalue weighted by atomic mass is 10.1. The Kier molecular flexibility index (Phi) is 3.66. The maximum Gasteiger partial charge on any atom is 0.149 e. The van der Waals surface area contributed by atoms with Gasteiger partial charge in [-0.05, 0) is 25.2 Å².